The van der Waals surface area contributed by atoms with Gasteiger partial charge in [-0.15, -0.1) is 0 Å². The van der Waals surface area contributed by atoms with Crippen molar-refractivity contribution >= 4 is 11.7 Å². The molecule has 1 fully saturated rings. The Hall–Kier alpha value is -3.69. The second-order valence-electron chi connectivity index (χ2n) is 7.22. The minimum absolute atomic E-state index is 0.00611. The Morgan fingerprint density at radius 2 is 1.94 bits per heavy atom. The summed E-state index contributed by atoms with van der Waals surface area (Å²) >= 11 is 0. The van der Waals surface area contributed by atoms with Crippen LogP contribution in [0.25, 0.3) is 11.4 Å². The van der Waals surface area contributed by atoms with E-state index in [0.717, 1.165) is 18.6 Å². The van der Waals surface area contributed by atoms with Gasteiger partial charge < -0.3 is 24.2 Å². The van der Waals surface area contributed by atoms with Gasteiger partial charge in [-0.25, -0.2) is 13.6 Å². The van der Waals surface area contributed by atoms with Crippen LogP contribution in [0.1, 0.15) is 24.8 Å². The van der Waals surface area contributed by atoms with Crippen molar-refractivity contribution < 1.29 is 27.6 Å². The van der Waals surface area contributed by atoms with E-state index in [-0.39, 0.29) is 23.3 Å². The fraction of sp³-hybridized carbons (Fsp3) is 0.286. The minimum Gasteiger partial charge on any atom is -0.486 e. The molecule has 2 amide bonds. The normalized spacial score (nSPS) is 17.6. The average Bonchev–Trinajstić information content (AvgIpc) is 3.43. The number of carbonyl (C=O) groups excluding carboxylic acids is 1. The molecule has 160 valence electrons. The molecule has 0 saturated carbocycles. The molecule has 2 aliphatic rings. The lowest BCUT2D eigenvalue weighted by Crippen LogP contribution is -2.34. The third kappa shape index (κ3) is 3.76. The lowest BCUT2D eigenvalue weighted by molar-refractivity contribution is 0.171. The first-order valence-corrected chi connectivity index (χ1v) is 9.85. The maximum Gasteiger partial charge on any atom is 0.322 e. The number of hydrogen-bond acceptors (Lipinski definition) is 6. The average molecular weight is 428 g/mol. The number of hydrogen-bond donors (Lipinski definition) is 1. The number of amides is 2. The Labute approximate surface area is 175 Å². The van der Waals surface area contributed by atoms with E-state index in [2.05, 4.69) is 15.5 Å². The van der Waals surface area contributed by atoms with Gasteiger partial charge in [0.2, 0.25) is 11.7 Å². The van der Waals surface area contributed by atoms with Gasteiger partial charge >= 0.3 is 6.03 Å². The third-order valence-corrected chi connectivity index (χ3v) is 5.21. The molecule has 1 saturated heterocycles. The van der Waals surface area contributed by atoms with Gasteiger partial charge in [-0.2, -0.15) is 4.98 Å². The quantitative estimate of drug-likeness (QED) is 0.674. The van der Waals surface area contributed by atoms with E-state index in [4.69, 9.17) is 14.0 Å². The second-order valence-corrected chi connectivity index (χ2v) is 7.22. The van der Waals surface area contributed by atoms with Gasteiger partial charge in [-0.05, 0) is 37.1 Å². The van der Waals surface area contributed by atoms with Crippen LogP contribution in [-0.2, 0) is 0 Å². The zero-order chi connectivity index (χ0) is 21.4. The Morgan fingerprint density at radius 3 is 2.77 bits per heavy atom. The minimum atomic E-state index is -0.785. The molecule has 3 aromatic rings. The monoisotopic (exact) mass is 428 g/mol. The van der Waals surface area contributed by atoms with Gasteiger partial charge in [-0.1, -0.05) is 5.16 Å². The highest BCUT2D eigenvalue weighted by molar-refractivity contribution is 5.90. The first kappa shape index (κ1) is 19.3. The lowest BCUT2D eigenvalue weighted by atomic mass is 10.2. The van der Waals surface area contributed by atoms with Gasteiger partial charge in [-0.3, -0.25) is 0 Å². The first-order valence-electron chi connectivity index (χ1n) is 9.85. The summed E-state index contributed by atoms with van der Waals surface area (Å²) in [5.41, 5.74) is 0.598. The summed E-state index contributed by atoms with van der Waals surface area (Å²) in [5, 5.41) is 6.66. The number of anilines is 1. The number of likely N-dealkylation sites (tertiary alicyclic amines) is 1. The van der Waals surface area contributed by atoms with Crippen molar-refractivity contribution in [3.8, 4) is 22.9 Å². The van der Waals surface area contributed by atoms with Crippen molar-refractivity contribution in [1.29, 1.82) is 0 Å². The van der Waals surface area contributed by atoms with Crippen molar-refractivity contribution in [2.75, 3.05) is 25.1 Å². The SMILES string of the molecule is O=C(Nc1ccc2c(c1)OCCO2)N1CCC[C@@H]1c1nc(-c2ccc(F)cc2F)no1. The van der Waals surface area contributed by atoms with Crippen molar-refractivity contribution in [1.82, 2.24) is 15.0 Å². The molecule has 3 heterocycles. The summed E-state index contributed by atoms with van der Waals surface area (Å²) in [7, 11) is 0. The van der Waals surface area contributed by atoms with Crippen LogP contribution in [-0.4, -0.2) is 40.8 Å². The van der Waals surface area contributed by atoms with Gasteiger partial charge in [0.15, 0.2) is 11.5 Å². The van der Waals surface area contributed by atoms with Crippen molar-refractivity contribution in [2.24, 2.45) is 0 Å². The summed E-state index contributed by atoms with van der Waals surface area (Å²) in [6, 6.07) is 7.55. The maximum absolute atomic E-state index is 14.0. The molecule has 0 radical (unpaired) electrons. The Bertz CT molecular complexity index is 1140. The zero-order valence-corrected chi connectivity index (χ0v) is 16.3. The Balaban J connectivity index is 1.33. The van der Waals surface area contributed by atoms with Gasteiger partial charge in [0.1, 0.15) is 30.9 Å². The number of ether oxygens (including phenoxy) is 2. The highest BCUT2D eigenvalue weighted by Gasteiger charge is 2.34. The van der Waals surface area contributed by atoms with Gasteiger partial charge in [0, 0.05) is 24.4 Å². The van der Waals surface area contributed by atoms with Crippen molar-refractivity contribution in [3.05, 3.63) is 53.9 Å². The number of carbonyl (C=O) groups is 1. The highest BCUT2D eigenvalue weighted by Crippen LogP contribution is 2.35. The number of rotatable bonds is 3. The van der Waals surface area contributed by atoms with E-state index in [9.17, 15) is 13.6 Å². The first-order chi connectivity index (χ1) is 15.1. The molecule has 10 heteroatoms. The highest BCUT2D eigenvalue weighted by atomic mass is 19.1. The van der Waals surface area contributed by atoms with Crippen LogP contribution in [0, 0.1) is 11.6 Å². The molecular weight excluding hydrogens is 410 g/mol. The van der Waals surface area contributed by atoms with E-state index in [0.29, 0.717) is 43.4 Å². The summed E-state index contributed by atoms with van der Waals surface area (Å²) in [5.74, 6) is -0.0607. The molecule has 1 atom stereocenters. The van der Waals surface area contributed by atoms with E-state index in [1.165, 1.54) is 6.07 Å². The predicted molar refractivity (Wildman–Crippen MR) is 105 cm³/mol. The topological polar surface area (TPSA) is 89.7 Å². The molecule has 5 rings (SSSR count). The summed E-state index contributed by atoms with van der Waals surface area (Å²) in [6.07, 6.45) is 1.38. The number of halogens is 2. The smallest absolute Gasteiger partial charge is 0.322 e. The Kier molecular flexibility index (Phi) is 4.89. The summed E-state index contributed by atoms with van der Waals surface area (Å²) in [6.45, 7) is 1.44. The van der Waals surface area contributed by atoms with Crippen LogP contribution in [0.2, 0.25) is 0 Å². The van der Waals surface area contributed by atoms with E-state index >= 15 is 0 Å². The van der Waals surface area contributed by atoms with Gasteiger partial charge in [0.05, 0.1) is 5.56 Å². The number of nitrogens with zero attached hydrogens (tertiary/aromatic N) is 3. The van der Waals surface area contributed by atoms with Crippen LogP contribution >= 0.6 is 0 Å². The largest absolute Gasteiger partial charge is 0.486 e. The predicted octanol–water partition coefficient (Wildman–Crippen LogP) is 4.16. The summed E-state index contributed by atoms with van der Waals surface area (Å²) < 4.78 is 43.5. The van der Waals surface area contributed by atoms with Crippen molar-refractivity contribution in [3.63, 3.8) is 0 Å². The van der Waals surface area contributed by atoms with Crippen LogP contribution < -0.4 is 14.8 Å². The third-order valence-electron chi connectivity index (χ3n) is 5.21. The molecule has 0 spiro atoms. The molecule has 0 bridgehead atoms. The zero-order valence-electron chi connectivity index (χ0n) is 16.3. The molecule has 8 nitrogen and oxygen atoms in total. The maximum atomic E-state index is 14.0. The molecule has 2 aromatic carbocycles. The van der Waals surface area contributed by atoms with Crippen LogP contribution in [0.15, 0.2) is 40.9 Å². The Morgan fingerprint density at radius 1 is 1.10 bits per heavy atom. The standard InChI is InChI=1S/C21H18F2N4O4/c22-12-3-5-14(15(23)10-12)19-25-20(31-26-19)16-2-1-7-27(16)21(28)24-13-4-6-17-18(11-13)30-9-8-29-17/h3-6,10-11,16H,1-2,7-9H2,(H,24,28)/t16-/m1/s1. The fourth-order valence-electron chi connectivity index (χ4n) is 3.73. The number of benzene rings is 2. The molecule has 31 heavy (non-hydrogen) atoms. The van der Waals surface area contributed by atoms with E-state index in [1.54, 1.807) is 23.1 Å². The van der Waals surface area contributed by atoms with Crippen LogP contribution in [0.3, 0.4) is 0 Å². The molecule has 1 aromatic heterocycles. The van der Waals surface area contributed by atoms with Crippen LogP contribution in [0.4, 0.5) is 19.3 Å². The number of urea groups is 1. The second kappa shape index (κ2) is 7.86. The molecule has 1 N–H and O–H groups in total. The molecule has 0 aliphatic carbocycles. The van der Waals surface area contributed by atoms with Crippen LogP contribution in [0.5, 0.6) is 11.5 Å². The molecular formula is C21H18F2N4O4. The fourth-order valence-corrected chi connectivity index (χ4v) is 3.73. The number of aromatic nitrogens is 2. The van der Waals surface area contributed by atoms with Gasteiger partial charge in [0.25, 0.3) is 0 Å². The van der Waals surface area contributed by atoms with E-state index in [1.807, 2.05) is 0 Å². The number of nitrogens with one attached hydrogen (secondary N) is 1. The lowest BCUT2D eigenvalue weighted by Gasteiger charge is -2.23. The van der Waals surface area contributed by atoms with E-state index < -0.39 is 17.7 Å². The molecule has 0 unspecified atom stereocenters. The number of fused-ring (bicyclic) bond motifs is 1. The molecule has 2 aliphatic heterocycles. The van der Waals surface area contributed by atoms with Crippen molar-refractivity contribution in [2.45, 2.75) is 18.9 Å². The summed E-state index contributed by atoms with van der Waals surface area (Å²) in [4.78, 5) is 18.7.